The Kier molecular flexibility index (Phi) is 2.73. The highest BCUT2D eigenvalue weighted by Gasteiger charge is 2.44. The van der Waals surface area contributed by atoms with Crippen molar-refractivity contribution in [2.45, 2.75) is 31.0 Å². The average molecular weight is 282 g/mol. The van der Waals surface area contributed by atoms with Gasteiger partial charge in [0.2, 0.25) is 0 Å². The van der Waals surface area contributed by atoms with Gasteiger partial charge in [0.05, 0.1) is 13.2 Å². The summed E-state index contributed by atoms with van der Waals surface area (Å²) in [5.41, 5.74) is 3.20. The normalized spacial score (nSPS) is 21.5. The van der Waals surface area contributed by atoms with Crippen LogP contribution in [0.4, 0.5) is 0 Å². The third kappa shape index (κ3) is 2.00. The number of fused-ring (bicyclic) bond motifs is 2. The van der Waals surface area contributed by atoms with Gasteiger partial charge in [0.15, 0.2) is 0 Å². The van der Waals surface area contributed by atoms with E-state index in [0.717, 1.165) is 29.9 Å². The maximum Gasteiger partial charge on any atom is 0.126 e. The molecule has 1 unspecified atom stereocenters. The van der Waals surface area contributed by atoms with Gasteiger partial charge in [-0.25, -0.2) is 0 Å². The third-order valence-corrected chi connectivity index (χ3v) is 4.61. The fraction of sp³-hybridized carbons (Fsp3) is 0.333. The van der Waals surface area contributed by atoms with Crippen LogP contribution in [0, 0.1) is 0 Å². The maximum absolute atomic E-state index is 10.6. The summed E-state index contributed by atoms with van der Waals surface area (Å²) in [5, 5.41) is 10.6. The summed E-state index contributed by atoms with van der Waals surface area (Å²) >= 11 is 0. The van der Waals surface area contributed by atoms with Gasteiger partial charge < -0.3 is 14.6 Å². The molecule has 2 aliphatic rings. The number of benzene rings is 2. The van der Waals surface area contributed by atoms with Gasteiger partial charge in [0.25, 0.3) is 0 Å². The molecule has 2 aromatic rings. The fourth-order valence-corrected chi connectivity index (χ4v) is 3.62. The molecule has 1 spiro atoms. The molecule has 0 fully saturated rings. The molecule has 4 rings (SSSR count). The third-order valence-electron chi connectivity index (χ3n) is 4.61. The maximum atomic E-state index is 10.6. The van der Waals surface area contributed by atoms with Crippen molar-refractivity contribution in [1.82, 2.24) is 0 Å². The Morgan fingerprint density at radius 3 is 2.52 bits per heavy atom. The molecule has 0 saturated carbocycles. The SMILES string of the molecule is COc1ccc2c(c1)C(O)CC1(Cc3ccccc3C1)O2. The van der Waals surface area contributed by atoms with Crippen LogP contribution in [0.15, 0.2) is 42.5 Å². The lowest BCUT2D eigenvalue weighted by Crippen LogP contribution is -2.42. The average Bonchev–Trinajstić information content (AvgIpc) is 2.84. The van der Waals surface area contributed by atoms with E-state index in [0.29, 0.717) is 6.42 Å². The minimum atomic E-state index is -0.502. The second-order valence-electron chi connectivity index (χ2n) is 6.03. The summed E-state index contributed by atoms with van der Waals surface area (Å²) in [6.07, 6.45) is 1.86. The van der Waals surface area contributed by atoms with E-state index in [-0.39, 0.29) is 5.60 Å². The smallest absolute Gasteiger partial charge is 0.126 e. The van der Waals surface area contributed by atoms with E-state index >= 15 is 0 Å². The van der Waals surface area contributed by atoms with Crippen molar-refractivity contribution in [3.63, 3.8) is 0 Å². The molecule has 0 bridgehead atoms. The van der Waals surface area contributed by atoms with Crippen LogP contribution in [0.2, 0.25) is 0 Å². The number of aliphatic hydroxyl groups is 1. The zero-order chi connectivity index (χ0) is 14.4. The Bertz CT molecular complexity index is 668. The lowest BCUT2D eigenvalue weighted by atomic mass is 9.86. The van der Waals surface area contributed by atoms with Gasteiger partial charge in [0.1, 0.15) is 17.1 Å². The highest BCUT2D eigenvalue weighted by Crippen LogP contribution is 2.46. The first-order valence-corrected chi connectivity index (χ1v) is 7.31. The van der Waals surface area contributed by atoms with E-state index in [9.17, 15) is 5.11 Å². The number of rotatable bonds is 1. The molecule has 0 amide bonds. The highest BCUT2D eigenvalue weighted by molar-refractivity contribution is 5.46. The molecule has 1 atom stereocenters. The first-order chi connectivity index (χ1) is 10.2. The Labute approximate surface area is 124 Å². The van der Waals surface area contributed by atoms with Crippen LogP contribution < -0.4 is 9.47 Å². The molecule has 21 heavy (non-hydrogen) atoms. The van der Waals surface area contributed by atoms with E-state index < -0.39 is 6.10 Å². The molecule has 1 aliphatic heterocycles. The zero-order valence-corrected chi connectivity index (χ0v) is 12.0. The lowest BCUT2D eigenvalue weighted by Gasteiger charge is -2.38. The van der Waals surface area contributed by atoms with E-state index in [1.54, 1.807) is 7.11 Å². The zero-order valence-electron chi connectivity index (χ0n) is 12.0. The van der Waals surface area contributed by atoms with E-state index in [2.05, 4.69) is 24.3 Å². The van der Waals surface area contributed by atoms with Gasteiger partial charge in [0, 0.05) is 24.8 Å². The summed E-state index contributed by atoms with van der Waals surface area (Å²) in [6.45, 7) is 0. The van der Waals surface area contributed by atoms with Crippen molar-refractivity contribution >= 4 is 0 Å². The van der Waals surface area contributed by atoms with Crippen LogP contribution in [-0.4, -0.2) is 17.8 Å². The minimum Gasteiger partial charge on any atom is -0.497 e. The van der Waals surface area contributed by atoms with Crippen LogP contribution in [0.25, 0.3) is 0 Å². The van der Waals surface area contributed by atoms with Gasteiger partial charge in [-0.3, -0.25) is 0 Å². The Morgan fingerprint density at radius 1 is 1.14 bits per heavy atom. The second-order valence-corrected chi connectivity index (χ2v) is 6.03. The van der Waals surface area contributed by atoms with Crippen LogP contribution in [0.1, 0.15) is 29.2 Å². The summed E-state index contributed by atoms with van der Waals surface area (Å²) in [5.74, 6) is 1.53. The molecular weight excluding hydrogens is 264 g/mol. The number of ether oxygens (including phenoxy) is 2. The molecule has 0 radical (unpaired) electrons. The molecule has 1 aliphatic carbocycles. The molecule has 0 saturated heterocycles. The topological polar surface area (TPSA) is 38.7 Å². The van der Waals surface area contributed by atoms with Crippen molar-refractivity contribution in [2.24, 2.45) is 0 Å². The molecule has 3 nitrogen and oxygen atoms in total. The standard InChI is InChI=1S/C18H18O3/c1-20-14-6-7-17-15(8-14)16(19)11-18(21-17)9-12-4-2-3-5-13(12)10-18/h2-8,16,19H,9-11H2,1H3. The Hall–Kier alpha value is -2.00. The van der Waals surface area contributed by atoms with Crippen LogP contribution in [0.3, 0.4) is 0 Å². The van der Waals surface area contributed by atoms with Gasteiger partial charge >= 0.3 is 0 Å². The largest absolute Gasteiger partial charge is 0.497 e. The second kappa shape index (κ2) is 4.50. The molecule has 0 aromatic heterocycles. The van der Waals surface area contributed by atoms with Crippen LogP contribution in [-0.2, 0) is 12.8 Å². The Balaban J connectivity index is 1.70. The number of methoxy groups -OCH3 is 1. The molecule has 1 N–H and O–H groups in total. The highest BCUT2D eigenvalue weighted by atomic mass is 16.5. The van der Waals surface area contributed by atoms with Crippen molar-refractivity contribution in [3.05, 3.63) is 59.2 Å². The van der Waals surface area contributed by atoms with Crippen LogP contribution >= 0.6 is 0 Å². The summed E-state index contributed by atoms with van der Waals surface area (Å²) in [7, 11) is 1.63. The first-order valence-electron chi connectivity index (χ1n) is 7.31. The minimum absolute atomic E-state index is 0.301. The van der Waals surface area contributed by atoms with E-state index in [1.807, 2.05) is 18.2 Å². The predicted octanol–water partition coefficient (Wildman–Crippen LogP) is 3.05. The van der Waals surface area contributed by atoms with Gasteiger partial charge in [-0.05, 0) is 29.3 Å². The fourth-order valence-electron chi connectivity index (χ4n) is 3.62. The summed E-state index contributed by atoms with van der Waals surface area (Å²) in [6, 6.07) is 14.1. The lowest BCUT2D eigenvalue weighted by molar-refractivity contribution is -0.00719. The molecular formula is C18H18O3. The molecule has 2 aromatic carbocycles. The molecule has 108 valence electrons. The van der Waals surface area contributed by atoms with Crippen LogP contribution in [0.5, 0.6) is 11.5 Å². The molecule has 3 heteroatoms. The number of aliphatic hydroxyl groups excluding tert-OH is 1. The van der Waals surface area contributed by atoms with Gasteiger partial charge in [-0.2, -0.15) is 0 Å². The van der Waals surface area contributed by atoms with Crippen molar-refractivity contribution in [3.8, 4) is 11.5 Å². The predicted molar refractivity (Wildman–Crippen MR) is 79.8 cm³/mol. The van der Waals surface area contributed by atoms with Crippen molar-refractivity contribution < 1.29 is 14.6 Å². The van der Waals surface area contributed by atoms with Crippen molar-refractivity contribution in [2.75, 3.05) is 7.11 Å². The van der Waals surface area contributed by atoms with Gasteiger partial charge in [-0.15, -0.1) is 0 Å². The van der Waals surface area contributed by atoms with Crippen molar-refractivity contribution in [1.29, 1.82) is 0 Å². The summed E-state index contributed by atoms with van der Waals surface area (Å²) in [4.78, 5) is 0. The van der Waals surface area contributed by atoms with E-state index in [4.69, 9.17) is 9.47 Å². The van der Waals surface area contributed by atoms with E-state index in [1.165, 1.54) is 11.1 Å². The quantitative estimate of drug-likeness (QED) is 0.873. The monoisotopic (exact) mass is 282 g/mol. The molecule has 1 heterocycles. The van der Waals surface area contributed by atoms with Gasteiger partial charge in [-0.1, -0.05) is 24.3 Å². The first kappa shape index (κ1) is 12.7. The number of hydrogen-bond donors (Lipinski definition) is 1. The Morgan fingerprint density at radius 2 is 1.86 bits per heavy atom. The number of hydrogen-bond acceptors (Lipinski definition) is 3. The summed E-state index contributed by atoms with van der Waals surface area (Å²) < 4.78 is 11.5.